The molecule has 0 aromatic heterocycles. The van der Waals surface area contributed by atoms with Crippen LogP contribution in [0.1, 0.15) is 58.8 Å². The molecule has 0 radical (unpaired) electrons. The summed E-state index contributed by atoms with van der Waals surface area (Å²) in [5.74, 6) is 1.93. The molecule has 4 rings (SSSR count). The van der Waals surface area contributed by atoms with E-state index in [1.807, 2.05) is 13.8 Å². The molecule has 1 N–H and O–H groups in total. The first-order chi connectivity index (χ1) is 8.89. The van der Waals surface area contributed by atoms with Crippen LogP contribution in [0.2, 0.25) is 0 Å². The summed E-state index contributed by atoms with van der Waals surface area (Å²) in [7, 11) is 2.07. The van der Waals surface area contributed by atoms with Crippen molar-refractivity contribution in [2.24, 2.45) is 17.8 Å². The maximum absolute atomic E-state index is 11.7. The summed E-state index contributed by atoms with van der Waals surface area (Å²) >= 11 is 0. The van der Waals surface area contributed by atoms with Crippen LogP contribution in [0.3, 0.4) is 0 Å². The van der Waals surface area contributed by atoms with Crippen LogP contribution in [-0.4, -0.2) is 34.1 Å². The zero-order chi connectivity index (χ0) is 13.8. The van der Waals surface area contributed by atoms with E-state index in [1.54, 1.807) is 0 Å². The third-order valence-corrected chi connectivity index (χ3v) is 6.61. The Hall–Kier alpha value is -0.570. The van der Waals surface area contributed by atoms with E-state index in [4.69, 9.17) is 0 Å². The lowest BCUT2D eigenvalue weighted by Crippen LogP contribution is -2.66. The molecule has 0 spiro atoms. The first-order valence-electron chi connectivity index (χ1n) is 7.87. The fourth-order valence-electron chi connectivity index (χ4n) is 5.53. The SMILES string of the molecule is CCC(C)(C(=O)O)N(C)C12CC3CC(CC(C3)C1)C2. The number of carbonyl (C=O) groups is 1. The largest absolute Gasteiger partial charge is 0.480 e. The van der Waals surface area contributed by atoms with E-state index in [9.17, 15) is 9.90 Å². The first-order valence-corrected chi connectivity index (χ1v) is 7.87. The standard InChI is InChI=1S/C16H27NO2/c1-4-15(2,14(18)19)17(3)16-8-11-5-12(9-16)7-13(6-11)10-16/h11-13H,4-10H2,1-3H3,(H,18,19). The van der Waals surface area contributed by atoms with Crippen LogP contribution in [0.5, 0.6) is 0 Å². The third kappa shape index (κ3) is 1.84. The van der Waals surface area contributed by atoms with Gasteiger partial charge in [-0.15, -0.1) is 0 Å². The molecule has 4 aliphatic carbocycles. The molecule has 0 aromatic rings. The minimum Gasteiger partial charge on any atom is -0.480 e. The second kappa shape index (κ2) is 4.21. The average Bonchev–Trinajstić information content (AvgIpc) is 2.35. The van der Waals surface area contributed by atoms with Gasteiger partial charge >= 0.3 is 5.97 Å². The third-order valence-electron chi connectivity index (χ3n) is 6.61. The minimum atomic E-state index is -0.703. The molecule has 1 atom stereocenters. The topological polar surface area (TPSA) is 40.5 Å². The molecular formula is C16H27NO2. The smallest absolute Gasteiger partial charge is 0.323 e. The number of aliphatic carboxylic acids is 1. The van der Waals surface area contributed by atoms with E-state index in [2.05, 4.69) is 11.9 Å². The highest BCUT2D eigenvalue weighted by Gasteiger charge is 2.56. The molecule has 3 heteroatoms. The van der Waals surface area contributed by atoms with Gasteiger partial charge in [-0.2, -0.15) is 0 Å². The van der Waals surface area contributed by atoms with Gasteiger partial charge in [0.05, 0.1) is 0 Å². The van der Waals surface area contributed by atoms with Crippen LogP contribution in [0, 0.1) is 17.8 Å². The molecule has 19 heavy (non-hydrogen) atoms. The number of rotatable bonds is 4. The van der Waals surface area contributed by atoms with E-state index in [-0.39, 0.29) is 5.54 Å². The molecule has 0 saturated heterocycles. The number of hydrogen-bond acceptors (Lipinski definition) is 2. The Morgan fingerprint density at radius 3 is 1.95 bits per heavy atom. The van der Waals surface area contributed by atoms with Crippen molar-refractivity contribution >= 4 is 5.97 Å². The Kier molecular flexibility index (Phi) is 2.97. The molecular weight excluding hydrogens is 238 g/mol. The normalized spacial score (nSPS) is 43.5. The molecule has 3 nitrogen and oxygen atoms in total. The lowest BCUT2D eigenvalue weighted by Gasteiger charge is -2.62. The summed E-state index contributed by atoms with van der Waals surface area (Å²) in [5.41, 5.74) is -0.524. The summed E-state index contributed by atoms with van der Waals surface area (Å²) in [6, 6.07) is 0. The van der Waals surface area contributed by atoms with Crippen molar-refractivity contribution in [3.63, 3.8) is 0 Å². The Balaban J connectivity index is 1.90. The molecule has 4 fully saturated rings. The van der Waals surface area contributed by atoms with Crippen molar-refractivity contribution in [1.29, 1.82) is 0 Å². The van der Waals surface area contributed by atoms with Gasteiger partial charge in [0.2, 0.25) is 0 Å². The Bertz CT molecular complexity index is 357. The number of hydrogen-bond donors (Lipinski definition) is 1. The quantitative estimate of drug-likeness (QED) is 0.849. The van der Waals surface area contributed by atoms with Crippen LogP contribution in [-0.2, 0) is 4.79 Å². The van der Waals surface area contributed by atoms with Gasteiger partial charge in [-0.3, -0.25) is 9.69 Å². The number of carboxylic acid groups (broad SMARTS) is 1. The summed E-state index contributed by atoms with van der Waals surface area (Å²) < 4.78 is 0. The minimum absolute atomic E-state index is 0.178. The van der Waals surface area contributed by atoms with Gasteiger partial charge in [0.1, 0.15) is 5.54 Å². The maximum Gasteiger partial charge on any atom is 0.323 e. The van der Waals surface area contributed by atoms with Crippen LogP contribution in [0.15, 0.2) is 0 Å². The monoisotopic (exact) mass is 265 g/mol. The van der Waals surface area contributed by atoms with Gasteiger partial charge in [0.15, 0.2) is 0 Å². The van der Waals surface area contributed by atoms with Crippen molar-refractivity contribution < 1.29 is 9.90 Å². The van der Waals surface area contributed by atoms with Crippen molar-refractivity contribution in [2.45, 2.75) is 69.9 Å². The molecule has 4 aliphatic rings. The van der Waals surface area contributed by atoms with E-state index in [0.29, 0.717) is 6.42 Å². The van der Waals surface area contributed by atoms with E-state index < -0.39 is 11.5 Å². The van der Waals surface area contributed by atoms with Gasteiger partial charge in [-0.05, 0) is 76.7 Å². The summed E-state index contributed by atoms with van der Waals surface area (Å²) in [4.78, 5) is 14.0. The van der Waals surface area contributed by atoms with Crippen molar-refractivity contribution in [3.05, 3.63) is 0 Å². The van der Waals surface area contributed by atoms with E-state index in [1.165, 1.54) is 38.5 Å². The lowest BCUT2D eigenvalue weighted by atomic mass is 9.52. The number of likely N-dealkylation sites (N-methyl/N-ethyl adjacent to an activating group) is 1. The van der Waals surface area contributed by atoms with Crippen LogP contribution < -0.4 is 0 Å². The van der Waals surface area contributed by atoms with Gasteiger partial charge in [-0.25, -0.2) is 0 Å². The number of carboxylic acids is 1. The average molecular weight is 265 g/mol. The molecule has 4 bridgehead atoms. The highest BCUT2D eigenvalue weighted by molar-refractivity contribution is 5.78. The Labute approximate surface area is 116 Å². The molecule has 108 valence electrons. The van der Waals surface area contributed by atoms with Gasteiger partial charge in [0, 0.05) is 5.54 Å². The first kappa shape index (κ1) is 13.4. The second-order valence-electron chi connectivity index (χ2n) is 7.63. The van der Waals surface area contributed by atoms with Gasteiger partial charge in [-0.1, -0.05) is 6.92 Å². The zero-order valence-electron chi connectivity index (χ0n) is 12.5. The van der Waals surface area contributed by atoms with Crippen molar-refractivity contribution in [1.82, 2.24) is 4.90 Å². The Morgan fingerprint density at radius 2 is 1.63 bits per heavy atom. The van der Waals surface area contributed by atoms with Crippen molar-refractivity contribution in [2.75, 3.05) is 7.05 Å². The highest BCUT2D eigenvalue weighted by Crippen LogP contribution is 2.58. The summed E-state index contributed by atoms with van der Waals surface area (Å²) in [5, 5.41) is 9.66. The molecule has 0 heterocycles. The molecule has 1 unspecified atom stereocenters. The fourth-order valence-corrected chi connectivity index (χ4v) is 5.53. The lowest BCUT2D eigenvalue weighted by molar-refractivity contribution is -0.165. The molecule has 0 amide bonds. The van der Waals surface area contributed by atoms with E-state index >= 15 is 0 Å². The van der Waals surface area contributed by atoms with Crippen LogP contribution in [0.4, 0.5) is 0 Å². The van der Waals surface area contributed by atoms with Crippen LogP contribution in [0.25, 0.3) is 0 Å². The van der Waals surface area contributed by atoms with E-state index in [0.717, 1.165) is 17.8 Å². The van der Waals surface area contributed by atoms with Gasteiger partial charge < -0.3 is 5.11 Å². The summed E-state index contributed by atoms with van der Waals surface area (Å²) in [6.45, 7) is 3.92. The predicted octanol–water partition coefficient (Wildman–Crippen LogP) is 3.14. The fraction of sp³-hybridized carbons (Fsp3) is 0.938. The Morgan fingerprint density at radius 1 is 1.21 bits per heavy atom. The molecule has 0 aromatic carbocycles. The van der Waals surface area contributed by atoms with Crippen molar-refractivity contribution in [3.8, 4) is 0 Å². The number of nitrogens with zero attached hydrogens (tertiary/aromatic N) is 1. The maximum atomic E-state index is 11.7. The zero-order valence-corrected chi connectivity index (χ0v) is 12.5. The second-order valence-corrected chi connectivity index (χ2v) is 7.63. The highest BCUT2D eigenvalue weighted by atomic mass is 16.4. The molecule has 4 saturated carbocycles. The summed E-state index contributed by atoms with van der Waals surface area (Å²) in [6.07, 6.45) is 8.60. The molecule has 0 aliphatic heterocycles. The predicted molar refractivity (Wildman–Crippen MR) is 75.0 cm³/mol. The van der Waals surface area contributed by atoms with Crippen LogP contribution >= 0.6 is 0 Å². The van der Waals surface area contributed by atoms with Gasteiger partial charge in [0.25, 0.3) is 0 Å².